The Kier molecular flexibility index (Phi) is 8.16. The zero-order valence-corrected chi connectivity index (χ0v) is 22.4. The van der Waals surface area contributed by atoms with Gasteiger partial charge in [0.1, 0.15) is 17.2 Å². The van der Waals surface area contributed by atoms with Gasteiger partial charge in [0, 0.05) is 6.20 Å². The minimum absolute atomic E-state index is 0.175. The van der Waals surface area contributed by atoms with Crippen molar-refractivity contribution < 1.29 is 24.2 Å². The number of methoxy groups -OCH3 is 1. The molecule has 8 heteroatoms. The maximum absolute atomic E-state index is 12.6. The van der Waals surface area contributed by atoms with E-state index in [-0.39, 0.29) is 5.69 Å². The van der Waals surface area contributed by atoms with E-state index >= 15 is 0 Å². The van der Waals surface area contributed by atoms with Crippen LogP contribution in [0.1, 0.15) is 49.3 Å². The molecule has 39 heavy (non-hydrogen) atoms. The van der Waals surface area contributed by atoms with Gasteiger partial charge in [-0.3, -0.25) is 0 Å². The van der Waals surface area contributed by atoms with Crippen LogP contribution < -0.4 is 5.32 Å². The minimum atomic E-state index is -1.51. The number of aliphatic hydroxyl groups is 1. The highest BCUT2D eigenvalue weighted by molar-refractivity contribution is 5.82. The molecular weight excluding hydrogens is 494 g/mol. The summed E-state index contributed by atoms with van der Waals surface area (Å²) in [6, 6.07) is 28.5. The van der Waals surface area contributed by atoms with Crippen LogP contribution in [0.25, 0.3) is 0 Å². The molecule has 0 aliphatic rings. The molecule has 0 spiro atoms. The molecule has 0 aliphatic heterocycles. The largest absolute Gasteiger partial charge is 0.467 e. The van der Waals surface area contributed by atoms with Crippen LogP contribution in [0.5, 0.6) is 0 Å². The van der Waals surface area contributed by atoms with Gasteiger partial charge in [0.2, 0.25) is 0 Å². The molecule has 1 amide bonds. The molecule has 0 unspecified atom stereocenters. The summed E-state index contributed by atoms with van der Waals surface area (Å²) in [6.07, 6.45) is 0.937. The molecule has 0 saturated carbocycles. The zero-order chi connectivity index (χ0) is 28.0. The Hall–Kier alpha value is -4.43. The summed E-state index contributed by atoms with van der Waals surface area (Å²) in [7, 11) is 1.18. The summed E-state index contributed by atoms with van der Waals surface area (Å²) in [5.74, 6) is -0.830. The Morgan fingerprint density at radius 2 is 1.31 bits per heavy atom. The highest BCUT2D eigenvalue weighted by Crippen LogP contribution is 2.41. The Morgan fingerprint density at radius 1 is 0.846 bits per heavy atom. The van der Waals surface area contributed by atoms with Gasteiger partial charge in [-0.1, -0.05) is 91.0 Å². The van der Waals surface area contributed by atoms with E-state index < -0.39 is 35.3 Å². The monoisotopic (exact) mass is 527 g/mol. The first-order valence-corrected chi connectivity index (χ1v) is 12.6. The number of alkyl carbamates (subject to hydrolysis) is 1. The number of nitrogens with zero attached hydrogens (tertiary/aromatic N) is 2. The number of nitrogens with one attached hydrogen (secondary N) is 1. The second-order valence-electron chi connectivity index (χ2n) is 10.1. The highest BCUT2D eigenvalue weighted by atomic mass is 16.6. The number of benzene rings is 3. The fourth-order valence-electron chi connectivity index (χ4n) is 4.66. The van der Waals surface area contributed by atoms with Crippen molar-refractivity contribution in [2.45, 2.75) is 44.1 Å². The maximum atomic E-state index is 12.6. The lowest BCUT2D eigenvalue weighted by Crippen LogP contribution is -2.47. The second kappa shape index (κ2) is 11.5. The zero-order valence-electron chi connectivity index (χ0n) is 22.4. The quantitative estimate of drug-likeness (QED) is 0.252. The molecule has 4 rings (SSSR count). The average molecular weight is 528 g/mol. The molecule has 0 bridgehead atoms. The predicted octanol–water partition coefficient (Wildman–Crippen LogP) is 4.82. The number of rotatable bonds is 8. The number of ether oxygens (including phenoxy) is 2. The highest BCUT2D eigenvalue weighted by Gasteiger charge is 2.40. The molecular formula is C31H33N3O5. The molecule has 1 heterocycles. The lowest BCUT2D eigenvalue weighted by molar-refractivity contribution is -0.146. The lowest BCUT2D eigenvalue weighted by atomic mass is 9.77. The van der Waals surface area contributed by atoms with Gasteiger partial charge in [0.15, 0.2) is 6.04 Å². The van der Waals surface area contributed by atoms with Crippen molar-refractivity contribution in [2.75, 3.05) is 7.11 Å². The number of imidazole rings is 1. The number of aliphatic hydroxyl groups excluding tert-OH is 1. The predicted molar refractivity (Wildman–Crippen MR) is 147 cm³/mol. The van der Waals surface area contributed by atoms with Crippen molar-refractivity contribution in [3.8, 4) is 0 Å². The summed E-state index contributed by atoms with van der Waals surface area (Å²) in [5, 5.41) is 13.7. The van der Waals surface area contributed by atoms with Gasteiger partial charge < -0.3 is 24.5 Å². The number of carbonyl (C=O) groups is 2. The standard InChI is InChI=1S/C31H33N3O5/c1-30(2,3)39-29(37)33-26(28(36)38-4)27(35)25-20-34(21-32-25)31(22-14-8-5-9-15-22,23-16-10-6-11-17-23)24-18-12-7-13-19-24/h5-21,26-27,35H,1-4H3,(H,33,37)/t26-,27+/m0/s1. The molecule has 8 nitrogen and oxygen atoms in total. The van der Waals surface area contributed by atoms with Crippen molar-refractivity contribution >= 4 is 12.1 Å². The molecule has 0 fully saturated rings. The van der Waals surface area contributed by atoms with Crippen LogP contribution in [0.3, 0.4) is 0 Å². The Bertz CT molecular complexity index is 1290. The summed E-state index contributed by atoms with van der Waals surface area (Å²) >= 11 is 0. The van der Waals surface area contributed by atoms with E-state index in [1.807, 2.05) is 95.6 Å². The molecule has 0 aliphatic carbocycles. The number of esters is 1. The van der Waals surface area contributed by atoms with Gasteiger partial charge >= 0.3 is 12.1 Å². The van der Waals surface area contributed by atoms with Crippen molar-refractivity contribution in [1.82, 2.24) is 14.9 Å². The van der Waals surface area contributed by atoms with E-state index in [0.29, 0.717) is 0 Å². The normalized spacial score (nSPS) is 13.3. The third-order valence-electron chi connectivity index (χ3n) is 6.31. The van der Waals surface area contributed by atoms with Gasteiger partial charge in [-0.2, -0.15) is 0 Å². The molecule has 202 valence electrons. The third kappa shape index (κ3) is 5.86. The van der Waals surface area contributed by atoms with Crippen molar-refractivity contribution in [3.63, 3.8) is 0 Å². The molecule has 3 aromatic carbocycles. The number of aromatic nitrogens is 2. The van der Waals surface area contributed by atoms with Crippen LogP contribution >= 0.6 is 0 Å². The molecule has 0 saturated heterocycles. The van der Waals surface area contributed by atoms with Crippen LogP contribution in [0.2, 0.25) is 0 Å². The van der Waals surface area contributed by atoms with E-state index in [4.69, 9.17) is 9.47 Å². The van der Waals surface area contributed by atoms with Crippen molar-refractivity contribution in [3.05, 3.63) is 126 Å². The number of amides is 1. The van der Waals surface area contributed by atoms with Crippen LogP contribution in [-0.4, -0.2) is 45.5 Å². The van der Waals surface area contributed by atoms with Crippen LogP contribution in [0.15, 0.2) is 104 Å². The van der Waals surface area contributed by atoms with Gasteiger partial charge in [-0.05, 0) is 37.5 Å². The second-order valence-corrected chi connectivity index (χ2v) is 10.1. The van der Waals surface area contributed by atoms with Crippen LogP contribution in [0, 0.1) is 0 Å². The van der Waals surface area contributed by atoms with E-state index in [1.165, 1.54) is 7.11 Å². The Labute approximate surface area is 228 Å². The van der Waals surface area contributed by atoms with E-state index in [9.17, 15) is 14.7 Å². The van der Waals surface area contributed by atoms with Gasteiger partial charge in [0.25, 0.3) is 0 Å². The van der Waals surface area contributed by atoms with Crippen LogP contribution in [-0.2, 0) is 19.8 Å². The van der Waals surface area contributed by atoms with E-state index in [2.05, 4.69) is 10.3 Å². The fraction of sp³-hybridized carbons (Fsp3) is 0.258. The Morgan fingerprint density at radius 3 is 1.72 bits per heavy atom. The van der Waals surface area contributed by atoms with E-state index in [1.54, 1.807) is 33.3 Å². The van der Waals surface area contributed by atoms with Gasteiger partial charge in [-0.25, -0.2) is 14.6 Å². The van der Waals surface area contributed by atoms with E-state index in [0.717, 1.165) is 16.7 Å². The molecule has 1 aromatic heterocycles. The fourth-order valence-corrected chi connectivity index (χ4v) is 4.66. The topological polar surface area (TPSA) is 103 Å². The first kappa shape index (κ1) is 27.6. The minimum Gasteiger partial charge on any atom is -0.467 e. The third-order valence-corrected chi connectivity index (χ3v) is 6.31. The van der Waals surface area contributed by atoms with Crippen molar-refractivity contribution in [1.29, 1.82) is 0 Å². The molecule has 0 radical (unpaired) electrons. The number of hydrogen-bond donors (Lipinski definition) is 2. The summed E-state index contributed by atoms with van der Waals surface area (Å²) in [5.41, 5.74) is 1.44. The lowest BCUT2D eigenvalue weighted by Gasteiger charge is -2.37. The van der Waals surface area contributed by atoms with Gasteiger partial charge in [0.05, 0.1) is 19.1 Å². The first-order chi connectivity index (χ1) is 18.7. The average Bonchev–Trinajstić information content (AvgIpc) is 3.43. The molecule has 2 N–H and O–H groups in total. The Balaban J connectivity index is 1.84. The molecule has 2 atom stereocenters. The summed E-state index contributed by atoms with van der Waals surface area (Å²) in [4.78, 5) is 29.6. The van der Waals surface area contributed by atoms with Crippen LogP contribution in [0.4, 0.5) is 4.79 Å². The smallest absolute Gasteiger partial charge is 0.408 e. The van der Waals surface area contributed by atoms with Crippen molar-refractivity contribution in [2.24, 2.45) is 0 Å². The first-order valence-electron chi connectivity index (χ1n) is 12.6. The number of hydrogen-bond acceptors (Lipinski definition) is 6. The SMILES string of the molecule is COC(=O)[C@@H](NC(=O)OC(C)(C)C)[C@H](O)c1cn(C(c2ccccc2)(c2ccccc2)c2ccccc2)cn1. The van der Waals surface area contributed by atoms with Gasteiger partial charge in [-0.15, -0.1) is 0 Å². The number of carbonyl (C=O) groups excluding carboxylic acids is 2. The summed E-state index contributed by atoms with van der Waals surface area (Å²) < 4.78 is 12.1. The summed E-state index contributed by atoms with van der Waals surface area (Å²) in [6.45, 7) is 5.11. The maximum Gasteiger partial charge on any atom is 0.408 e. The molecule has 4 aromatic rings.